The minimum atomic E-state index is -1.50. The van der Waals surface area contributed by atoms with E-state index in [2.05, 4.69) is 25.8 Å². The lowest BCUT2D eigenvalue weighted by molar-refractivity contribution is -0.890. The Kier molecular flexibility index (Phi) is 12.7. The van der Waals surface area contributed by atoms with E-state index in [9.17, 15) is 0 Å². The van der Waals surface area contributed by atoms with Gasteiger partial charge in [0.25, 0.3) is 6.16 Å². The van der Waals surface area contributed by atoms with Crippen molar-refractivity contribution in [2.24, 2.45) is 0 Å². The highest BCUT2D eigenvalue weighted by Gasteiger charge is 2.12. The van der Waals surface area contributed by atoms with Crippen molar-refractivity contribution in [1.29, 1.82) is 0 Å². The molecule has 0 aliphatic heterocycles. The first-order valence-corrected chi connectivity index (χ1v) is 6.04. The van der Waals surface area contributed by atoms with Crippen molar-refractivity contribution in [1.82, 2.24) is 0 Å². The van der Waals surface area contributed by atoms with Gasteiger partial charge in [-0.1, -0.05) is 13.3 Å². The maximum absolute atomic E-state index is 9.03. The van der Waals surface area contributed by atoms with E-state index in [0.29, 0.717) is 0 Å². The van der Waals surface area contributed by atoms with Gasteiger partial charge in [0.05, 0.1) is 27.2 Å². The van der Waals surface area contributed by atoms with Crippen molar-refractivity contribution in [3.05, 3.63) is 0 Å². The van der Waals surface area contributed by atoms with Crippen LogP contribution in [0.3, 0.4) is 0 Å². The molecule has 0 radical (unpaired) electrons. The molecule has 0 N–H and O–H groups in total. The summed E-state index contributed by atoms with van der Waals surface area (Å²) in [7, 11) is 5.58. The van der Waals surface area contributed by atoms with Crippen LogP contribution in [0.15, 0.2) is 0 Å². The van der Waals surface area contributed by atoms with Crippen molar-refractivity contribution >= 4 is 6.16 Å². The van der Waals surface area contributed by atoms with Gasteiger partial charge < -0.3 is 23.9 Å². The lowest BCUT2D eigenvalue weighted by Gasteiger charge is -2.29. The Labute approximate surface area is 105 Å². The van der Waals surface area contributed by atoms with Crippen molar-refractivity contribution in [3.63, 3.8) is 0 Å². The molecule has 5 heteroatoms. The van der Waals surface area contributed by atoms with Crippen molar-refractivity contribution < 1.29 is 23.9 Å². The first-order valence-electron chi connectivity index (χ1n) is 6.04. The lowest BCUT2D eigenvalue weighted by atomic mass is 10.3. The highest BCUT2D eigenvalue weighted by molar-refractivity contribution is 5.53. The number of carbonyl (C=O) groups is 1. The third-order valence-corrected chi connectivity index (χ3v) is 2.33. The normalized spacial score (nSPS) is 10.4. The molecule has 0 rings (SSSR count). The highest BCUT2D eigenvalue weighted by Crippen LogP contribution is 2.00. The van der Waals surface area contributed by atoms with Gasteiger partial charge >= 0.3 is 0 Å². The van der Waals surface area contributed by atoms with E-state index < -0.39 is 6.16 Å². The Morgan fingerprint density at radius 1 is 1.24 bits per heavy atom. The molecule has 0 spiro atoms. The monoisotopic (exact) mass is 249 g/mol. The summed E-state index contributed by atoms with van der Waals surface area (Å²) in [4.78, 5) is 9.03. The summed E-state index contributed by atoms with van der Waals surface area (Å²) in [5.41, 5.74) is 0. The average Bonchev–Trinajstić information content (AvgIpc) is 2.27. The zero-order valence-electron chi connectivity index (χ0n) is 11.8. The molecule has 0 aromatic rings. The predicted octanol–water partition coefficient (Wildman–Crippen LogP) is 0.876. The molecule has 104 valence electrons. The summed E-state index contributed by atoms with van der Waals surface area (Å²) >= 11 is 0. The molecule has 0 saturated heterocycles. The van der Waals surface area contributed by atoms with Crippen molar-refractivity contribution in [3.8, 4) is 0 Å². The van der Waals surface area contributed by atoms with Gasteiger partial charge in [-0.3, -0.25) is 0 Å². The van der Waals surface area contributed by atoms with E-state index in [4.69, 9.17) is 14.6 Å². The van der Waals surface area contributed by atoms with E-state index in [1.165, 1.54) is 19.4 Å². The third-order valence-electron chi connectivity index (χ3n) is 2.33. The van der Waals surface area contributed by atoms with Crippen LogP contribution in [0.4, 0.5) is 4.79 Å². The van der Waals surface area contributed by atoms with Gasteiger partial charge in [0.2, 0.25) is 0 Å². The zero-order valence-corrected chi connectivity index (χ0v) is 11.8. The van der Waals surface area contributed by atoms with Crippen LogP contribution < -0.4 is 5.11 Å². The largest absolute Gasteiger partial charge is 0.553 e. The summed E-state index contributed by atoms with van der Waals surface area (Å²) in [5, 5.41) is 9.03. The Bertz CT molecular complexity index is 183. The van der Waals surface area contributed by atoms with Crippen LogP contribution in [0.25, 0.3) is 0 Å². The summed E-state index contributed by atoms with van der Waals surface area (Å²) in [6, 6.07) is 0. The van der Waals surface area contributed by atoms with E-state index in [1.807, 2.05) is 6.92 Å². The number of ether oxygens (including phenoxy) is 2. The van der Waals surface area contributed by atoms with Gasteiger partial charge in [0.15, 0.2) is 0 Å². The minimum absolute atomic E-state index is 0.841. The Morgan fingerprint density at radius 3 is 2.12 bits per heavy atom. The van der Waals surface area contributed by atoms with E-state index in [0.717, 1.165) is 31.4 Å². The fourth-order valence-electron chi connectivity index (χ4n) is 1.15. The topological polar surface area (TPSA) is 58.6 Å². The number of methoxy groups -OCH3 is 1. The molecule has 5 nitrogen and oxygen atoms in total. The molecular formula is C12H27NO4. The summed E-state index contributed by atoms with van der Waals surface area (Å²) < 4.78 is 9.98. The third kappa shape index (κ3) is 17.8. The average molecular weight is 249 g/mol. The number of quaternary nitrogens is 1. The molecule has 0 aromatic carbocycles. The van der Waals surface area contributed by atoms with Gasteiger partial charge in [-0.15, -0.1) is 0 Å². The van der Waals surface area contributed by atoms with Gasteiger partial charge in [-0.05, 0) is 13.3 Å². The molecule has 17 heavy (non-hydrogen) atoms. The molecular weight excluding hydrogens is 222 g/mol. The van der Waals surface area contributed by atoms with Crippen molar-refractivity contribution in [2.75, 3.05) is 47.5 Å². The fourth-order valence-corrected chi connectivity index (χ4v) is 1.15. The molecule has 0 fully saturated rings. The number of hydrogen-bond acceptors (Lipinski definition) is 4. The molecule has 0 amide bonds. The van der Waals surface area contributed by atoms with Gasteiger partial charge in [-0.25, -0.2) is 0 Å². The number of nitrogens with zero attached hydrogens (tertiary/aromatic N) is 1. The molecule has 0 heterocycles. The first-order chi connectivity index (χ1) is 7.89. The van der Waals surface area contributed by atoms with Crippen LogP contribution in [-0.2, 0) is 9.47 Å². The van der Waals surface area contributed by atoms with Gasteiger partial charge in [0.1, 0.15) is 6.54 Å². The number of carboxylic acid groups (broad SMARTS) is 1. The Hall–Kier alpha value is -0.810. The number of likely N-dealkylation sites (N-methyl/N-ethyl adjacent to an activating group) is 1. The van der Waals surface area contributed by atoms with Crippen LogP contribution in [0.5, 0.6) is 0 Å². The number of unbranched alkanes of at least 4 members (excludes halogenated alkanes) is 1. The molecule has 0 unspecified atom stereocenters. The van der Waals surface area contributed by atoms with Crippen LogP contribution >= 0.6 is 0 Å². The molecule has 0 aliphatic carbocycles. The number of rotatable bonds is 7. The second-order valence-electron chi connectivity index (χ2n) is 4.39. The Morgan fingerprint density at radius 2 is 1.76 bits per heavy atom. The van der Waals surface area contributed by atoms with Gasteiger partial charge in [-0.2, -0.15) is 0 Å². The molecule has 0 atom stereocenters. The lowest BCUT2D eigenvalue weighted by Crippen LogP contribution is -2.43. The SMILES string of the molecule is CCCC[N+](C)(C)CCOCC.COC(=O)[O-]. The van der Waals surface area contributed by atoms with Gasteiger partial charge in [0, 0.05) is 13.7 Å². The Balaban J connectivity index is 0. The quantitative estimate of drug-likeness (QED) is 0.382. The van der Waals surface area contributed by atoms with Crippen LogP contribution in [-0.4, -0.2) is 58.1 Å². The summed E-state index contributed by atoms with van der Waals surface area (Å²) in [6.45, 7) is 8.42. The van der Waals surface area contributed by atoms with Crippen LogP contribution in [0.2, 0.25) is 0 Å². The van der Waals surface area contributed by atoms with E-state index in [1.54, 1.807) is 0 Å². The fraction of sp³-hybridized carbons (Fsp3) is 0.917. The predicted molar refractivity (Wildman–Crippen MR) is 65.6 cm³/mol. The van der Waals surface area contributed by atoms with Crippen molar-refractivity contribution in [2.45, 2.75) is 26.7 Å². The number of hydrogen-bond donors (Lipinski definition) is 0. The highest BCUT2D eigenvalue weighted by atomic mass is 16.6. The summed E-state index contributed by atoms with van der Waals surface area (Å²) in [6.07, 6.45) is 1.11. The molecule has 0 aromatic heterocycles. The molecule has 0 saturated carbocycles. The maximum Gasteiger partial charge on any atom is 0.251 e. The zero-order chi connectivity index (χ0) is 13.7. The number of carbonyl (C=O) groups excluding carboxylic acids is 1. The first kappa shape index (κ1) is 18.6. The smallest absolute Gasteiger partial charge is 0.251 e. The molecule has 0 aliphatic rings. The summed E-state index contributed by atoms with van der Waals surface area (Å²) in [5.74, 6) is 0. The second-order valence-corrected chi connectivity index (χ2v) is 4.39. The second kappa shape index (κ2) is 11.7. The van der Waals surface area contributed by atoms with E-state index >= 15 is 0 Å². The molecule has 0 bridgehead atoms. The van der Waals surface area contributed by atoms with E-state index in [-0.39, 0.29) is 0 Å². The minimum Gasteiger partial charge on any atom is -0.553 e. The van der Waals surface area contributed by atoms with Crippen LogP contribution in [0.1, 0.15) is 26.7 Å². The maximum atomic E-state index is 9.03. The van der Waals surface area contributed by atoms with Crippen LogP contribution in [0, 0.1) is 0 Å². The standard InChI is InChI=1S/C10H24NO.C2H4O3/c1-5-7-8-11(3,4)9-10-12-6-2;1-5-2(3)4/h5-10H2,1-4H3;1H3,(H,3,4)/q+1;/p-1.